The second-order valence-corrected chi connectivity index (χ2v) is 17.8. The molecule has 0 saturated heterocycles. The van der Waals surface area contributed by atoms with Crippen LogP contribution < -0.4 is 9.64 Å². The summed E-state index contributed by atoms with van der Waals surface area (Å²) in [4.78, 5) is 2.48. The molecule has 0 amide bonds. The summed E-state index contributed by atoms with van der Waals surface area (Å²) in [6.07, 6.45) is 8.92. The molecule has 3 atom stereocenters. The Labute approximate surface area is 380 Å². The number of allylic oxidation sites excluding steroid dienone is 4. The van der Waals surface area contributed by atoms with Crippen molar-refractivity contribution in [3.63, 3.8) is 0 Å². The van der Waals surface area contributed by atoms with Crippen molar-refractivity contribution in [3.05, 3.63) is 275 Å². The number of rotatable bonds is 6. The van der Waals surface area contributed by atoms with E-state index in [0.29, 0.717) is 0 Å². The van der Waals surface area contributed by atoms with Gasteiger partial charge < -0.3 is 9.64 Å². The van der Waals surface area contributed by atoms with Gasteiger partial charge in [-0.3, -0.25) is 0 Å². The van der Waals surface area contributed by atoms with Gasteiger partial charge in [0.15, 0.2) is 0 Å². The van der Waals surface area contributed by atoms with E-state index >= 15 is 0 Å². The molecule has 9 aromatic rings. The average molecular weight is 832 g/mol. The third-order valence-corrected chi connectivity index (χ3v) is 14.5. The number of ether oxygens (including phenoxy) is 1. The van der Waals surface area contributed by atoms with Crippen LogP contribution >= 0.6 is 0 Å². The van der Waals surface area contributed by atoms with E-state index in [0.717, 1.165) is 35.4 Å². The molecule has 1 spiro atoms. The molecule has 13 rings (SSSR count). The topological polar surface area (TPSA) is 12.5 Å². The molecule has 0 aromatic heterocycles. The first kappa shape index (κ1) is 37.6. The van der Waals surface area contributed by atoms with Gasteiger partial charge in [-0.25, -0.2) is 0 Å². The van der Waals surface area contributed by atoms with E-state index in [1.165, 1.54) is 83.4 Å². The molecule has 9 aromatic carbocycles. The summed E-state index contributed by atoms with van der Waals surface area (Å²) in [5.74, 6) is 1.05. The minimum Gasteiger partial charge on any atom is -0.484 e. The Morgan fingerprint density at radius 2 is 1.12 bits per heavy atom. The fourth-order valence-corrected chi connectivity index (χ4v) is 11.6. The smallest absolute Gasteiger partial charge is 0.132 e. The predicted molar refractivity (Wildman–Crippen MR) is 269 cm³/mol. The summed E-state index contributed by atoms with van der Waals surface area (Å²) in [5, 5.41) is 2.36. The number of para-hydroxylation sites is 1. The summed E-state index contributed by atoms with van der Waals surface area (Å²) >= 11 is 0. The average Bonchev–Trinajstić information content (AvgIpc) is 3.67. The van der Waals surface area contributed by atoms with Crippen molar-refractivity contribution in [3.8, 4) is 28.0 Å². The van der Waals surface area contributed by atoms with Gasteiger partial charge in [0, 0.05) is 45.1 Å². The quantitative estimate of drug-likeness (QED) is 0.165. The van der Waals surface area contributed by atoms with E-state index in [9.17, 15) is 0 Å². The van der Waals surface area contributed by atoms with E-state index in [2.05, 4.69) is 242 Å². The molecular weight excluding hydrogens is 787 g/mol. The number of fused-ring (bicyclic) bond motifs is 13. The van der Waals surface area contributed by atoms with E-state index < -0.39 is 5.41 Å². The summed E-state index contributed by atoms with van der Waals surface area (Å²) in [7, 11) is 0. The lowest BCUT2D eigenvalue weighted by Crippen LogP contribution is -2.45. The maximum absolute atomic E-state index is 7.29. The Morgan fingerprint density at radius 1 is 0.477 bits per heavy atom. The lowest BCUT2D eigenvalue weighted by atomic mass is 9.58. The molecule has 3 unspecified atom stereocenters. The maximum Gasteiger partial charge on any atom is 0.132 e. The number of hydrogen-bond acceptors (Lipinski definition) is 2. The minimum absolute atomic E-state index is 0.0519. The fraction of sp³-hybridized carbons (Fsp3) is 0.0794. The highest BCUT2D eigenvalue weighted by Gasteiger charge is 2.57. The number of anilines is 2. The van der Waals surface area contributed by atoms with Gasteiger partial charge >= 0.3 is 0 Å². The SMILES string of the molecule is C1=CC2C(Oc3c(ccc4ccccc34)C23c2ccccc2-c2cc(-c4ccc(N(C5=C(c6ccccc6)C=C(c6ccccc6)CC5)c5ccccc5)cc4)ccc23)c2ccccc21. The van der Waals surface area contributed by atoms with Crippen LogP contribution in [-0.2, 0) is 5.41 Å². The zero-order chi connectivity index (χ0) is 42.9. The molecule has 0 radical (unpaired) electrons. The molecule has 2 nitrogen and oxygen atoms in total. The molecule has 1 aliphatic heterocycles. The van der Waals surface area contributed by atoms with Crippen molar-refractivity contribution >= 4 is 39.4 Å². The lowest BCUT2D eigenvalue weighted by Gasteiger charge is -2.49. The third-order valence-electron chi connectivity index (χ3n) is 14.5. The minimum atomic E-state index is -0.449. The van der Waals surface area contributed by atoms with Gasteiger partial charge in [-0.15, -0.1) is 0 Å². The largest absolute Gasteiger partial charge is 0.484 e. The van der Waals surface area contributed by atoms with Crippen molar-refractivity contribution in [2.75, 3.05) is 4.90 Å². The molecule has 65 heavy (non-hydrogen) atoms. The van der Waals surface area contributed by atoms with Crippen molar-refractivity contribution in [1.82, 2.24) is 0 Å². The number of nitrogens with zero attached hydrogens (tertiary/aromatic N) is 1. The van der Waals surface area contributed by atoms with Crippen LogP contribution in [0, 0.1) is 5.92 Å². The second-order valence-electron chi connectivity index (χ2n) is 17.8. The molecule has 0 saturated carbocycles. The summed E-state index contributed by atoms with van der Waals surface area (Å²) in [5.41, 5.74) is 19.7. The highest BCUT2D eigenvalue weighted by molar-refractivity contribution is 5.95. The second kappa shape index (κ2) is 15.1. The van der Waals surface area contributed by atoms with Gasteiger partial charge in [0.2, 0.25) is 0 Å². The van der Waals surface area contributed by atoms with Crippen LogP contribution in [0.2, 0.25) is 0 Å². The molecular formula is C63H45NO. The Morgan fingerprint density at radius 3 is 1.95 bits per heavy atom. The lowest BCUT2D eigenvalue weighted by molar-refractivity contribution is 0.105. The van der Waals surface area contributed by atoms with Crippen LogP contribution in [0.5, 0.6) is 5.75 Å². The maximum atomic E-state index is 7.29. The highest BCUT2D eigenvalue weighted by atomic mass is 16.5. The summed E-state index contributed by atoms with van der Waals surface area (Å²) < 4.78 is 7.29. The van der Waals surface area contributed by atoms with Crippen molar-refractivity contribution in [2.24, 2.45) is 5.92 Å². The fourth-order valence-electron chi connectivity index (χ4n) is 11.6. The van der Waals surface area contributed by atoms with E-state index in [4.69, 9.17) is 4.74 Å². The van der Waals surface area contributed by atoms with Crippen LogP contribution in [0.25, 0.3) is 50.2 Å². The number of hydrogen-bond donors (Lipinski definition) is 0. The van der Waals surface area contributed by atoms with Crippen LogP contribution in [0.1, 0.15) is 57.9 Å². The van der Waals surface area contributed by atoms with Crippen LogP contribution in [0.3, 0.4) is 0 Å². The zero-order valence-corrected chi connectivity index (χ0v) is 35.9. The monoisotopic (exact) mass is 831 g/mol. The van der Waals surface area contributed by atoms with Crippen molar-refractivity contribution < 1.29 is 4.74 Å². The summed E-state index contributed by atoms with van der Waals surface area (Å²) in [6.45, 7) is 0. The molecule has 0 bridgehead atoms. The number of benzene rings is 9. The van der Waals surface area contributed by atoms with Gasteiger partial charge in [0.1, 0.15) is 11.9 Å². The summed E-state index contributed by atoms with van der Waals surface area (Å²) in [6, 6.07) is 80.3. The third kappa shape index (κ3) is 5.87. The first-order valence-corrected chi connectivity index (χ1v) is 22.9. The van der Waals surface area contributed by atoms with Crippen LogP contribution in [0.15, 0.2) is 236 Å². The van der Waals surface area contributed by atoms with Crippen molar-refractivity contribution in [2.45, 2.75) is 24.4 Å². The molecule has 3 aliphatic carbocycles. The van der Waals surface area contributed by atoms with Crippen LogP contribution in [0.4, 0.5) is 11.4 Å². The zero-order valence-electron chi connectivity index (χ0n) is 35.9. The molecule has 4 aliphatic rings. The van der Waals surface area contributed by atoms with E-state index in [1.807, 2.05) is 0 Å². The van der Waals surface area contributed by atoms with Gasteiger partial charge in [-0.1, -0.05) is 200 Å². The molecule has 1 heterocycles. The standard InChI is InChI=1S/C63H45NO/c1-4-16-42(17-5-1)48-33-39-60(54(40-48)44-18-6-2-7-19-44)64(49-22-8-3-9-23-49)50-34-28-43(29-35-50)47-32-36-57-55(41-47)53-26-14-15-27-56(53)63(57)58-37-30-45-20-10-12-24-51(45)61(58)65-62-52-25-13-11-21-46(52)31-38-59(62)63/h1-32,34-38,40-41,58,61H,33,39H2. The molecule has 0 fully saturated rings. The Hall–Kier alpha value is -7.94. The predicted octanol–water partition coefficient (Wildman–Crippen LogP) is 16.0. The molecule has 0 N–H and O–H groups in total. The molecule has 308 valence electrons. The first-order chi connectivity index (χ1) is 32.2. The first-order valence-electron chi connectivity index (χ1n) is 22.9. The molecule has 2 heteroatoms. The Bertz CT molecular complexity index is 3400. The van der Waals surface area contributed by atoms with E-state index in [-0.39, 0.29) is 12.0 Å². The van der Waals surface area contributed by atoms with Crippen LogP contribution in [-0.4, -0.2) is 0 Å². The van der Waals surface area contributed by atoms with E-state index in [1.54, 1.807) is 0 Å². The van der Waals surface area contributed by atoms with Crippen molar-refractivity contribution in [1.29, 1.82) is 0 Å². The van der Waals surface area contributed by atoms with Gasteiger partial charge in [0.25, 0.3) is 0 Å². The Balaban J connectivity index is 0.950. The normalized spacial score (nSPS) is 18.8. The van der Waals surface area contributed by atoms with Gasteiger partial charge in [-0.2, -0.15) is 0 Å². The Kier molecular flexibility index (Phi) is 8.74. The highest BCUT2D eigenvalue weighted by Crippen LogP contribution is 2.65. The van der Waals surface area contributed by atoms with Gasteiger partial charge in [0.05, 0.1) is 5.41 Å². The van der Waals surface area contributed by atoms with Gasteiger partial charge in [-0.05, 0) is 110 Å².